The molecule has 0 spiro atoms. The van der Waals surface area contributed by atoms with Crippen LogP contribution in [-0.2, 0) is 0 Å². The maximum atomic E-state index is 5.41. The first-order chi connectivity index (χ1) is 9.74. The highest BCUT2D eigenvalue weighted by atomic mass is 16.5. The van der Waals surface area contributed by atoms with Crippen molar-refractivity contribution in [2.24, 2.45) is 0 Å². The van der Waals surface area contributed by atoms with Crippen molar-refractivity contribution >= 4 is 5.70 Å². The zero-order valence-electron chi connectivity index (χ0n) is 12.4. The summed E-state index contributed by atoms with van der Waals surface area (Å²) in [7, 11) is 4.87. The van der Waals surface area contributed by atoms with E-state index in [-0.39, 0.29) is 0 Å². The van der Waals surface area contributed by atoms with Gasteiger partial charge < -0.3 is 19.5 Å². The topological polar surface area (TPSA) is 39.7 Å². The Morgan fingerprint density at radius 3 is 2.20 bits per heavy atom. The van der Waals surface area contributed by atoms with Crippen LogP contribution in [-0.4, -0.2) is 27.9 Å². The van der Waals surface area contributed by atoms with E-state index in [1.54, 1.807) is 21.3 Å². The molecule has 20 heavy (non-hydrogen) atoms. The van der Waals surface area contributed by atoms with Crippen LogP contribution in [0.3, 0.4) is 0 Å². The lowest BCUT2D eigenvalue weighted by molar-refractivity contribution is 0.324. The van der Waals surface area contributed by atoms with Crippen molar-refractivity contribution in [3.05, 3.63) is 35.4 Å². The molecular formula is C16H21NO3. The minimum Gasteiger partial charge on any atom is -0.493 e. The van der Waals surface area contributed by atoms with E-state index in [0.29, 0.717) is 17.2 Å². The van der Waals surface area contributed by atoms with Crippen molar-refractivity contribution < 1.29 is 14.2 Å². The second kappa shape index (κ2) is 6.37. The molecule has 1 aliphatic rings. The van der Waals surface area contributed by atoms with Crippen LogP contribution in [0.1, 0.15) is 18.9 Å². The van der Waals surface area contributed by atoms with Gasteiger partial charge in [-0.15, -0.1) is 0 Å². The first kappa shape index (κ1) is 14.3. The van der Waals surface area contributed by atoms with E-state index in [2.05, 4.69) is 24.4 Å². The Bertz CT molecular complexity index is 522. The lowest BCUT2D eigenvalue weighted by atomic mass is 10.0. The van der Waals surface area contributed by atoms with Gasteiger partial charge in [0.05, 0.1) is 21.3 Å². The normalized spacial score (nSPS) is 14.0. The Balaban J connectivity index is 2.57. The number of ether oxygens (including phenoxy) is 3. The van der Waals surface area contributed by atoms with Gasteiger partial charge in [0.2, 0.25) is 5.75 Å². The molecule has 0 unspecified atom stereocenters. The fourth-order valence-electron chi connectivity index (χ4n) is 2.37. The van der Waals surface area contributed by atoms with Crippen LogP contribution in [0.4, 0.5) is 0 Å². The number of benzene rings is 1. The maximum Gasteiger partial charge on any atom is 0.203 e. The van der Waals surface area contributed by atoms with Crippen LogP contribution >= 0.6 is 0 Å². The lowest BCUT2D eigenvalue weighted by Gasteiger charge is -2.20. The number of methoxy groups -OCH3 is 3. The van der Waals surface area contributed by atoms with Gasteiger partial charge in [0.1, 0.15) is 0 Å². The lowest BCUT2D eigenvalue weighted by Crippen LogP contribution is -2.17. The molecule has 0 aliphatic carbocycles. The fraction of sp³-hybridized carbons (Fsp3) is 0.375. The second-order valence-corrected chi connectivity index (χ2v) is 4.45. The van der Waals surface area contributed by atoms with E-state index in [9.17, 15) is 0 Å². The molecule has 4 heteroatoms. The summed E-state index contributed by atoms with van der Waals surface area (Å²) in [5, 5.41) is 3.42. The van der Waals surface area contributed by atoms with Crippen molar-refractivity contribution in [1.29, 1.82) is 0 Å². The Kier molecular flexibility index (Phi) is 4.56. The van der Waals surface area contributed by atoms with Gasteiger partial charge in [0.15, 0.2) is 11.5 Å². The summed E-state index contributed by atoms with van der Waals surface area (Å²) in [6.45, 7) is 2.97. The number of allylic oxidation sites excluding steroid dienone is 2. The Morgan fingerprint density at radius 1 is 1.05 bits per heavy atom. The van der Waals surface area contributed by atoms with Crippen LogP contribution in [0.25, 0.3) is 5.70 Å². The molecule has 0 saturated carbocycles. The van der Waals surface area contributed by atoms with Crippen molar-refractivity contribution in [3.63, 3.8) is 0 Å². The third-order valence-corrected chi connectivity index (χ3v) is 3.37. The first-order valence-corrected chi connectivity index (χ1v) is 6.69. The summed E-state index contributed by atoms with van der Waals surface area (Å²) in [6.07, 6.45) is 5.25. The molecule has 1 aliphatic heterocycles. The number of hydrogen-bond donors (Lipinski definition) is 1. The van der Waals surface area contributed by atoms with Gasteiger partial charge in [-0.2, -0.15) is 0 Å². The van der Waals surface area contributed by atoms with Crippen LogP contribution in [0.5, 0.6) is 17.2 Å². The van der Waals surface area contributed by atoms with E-state index in [0.717, 1.165) is 24.2 Å². The molecule has 0 amide bonds. The molecule has 1 aromatic carbocycles. The highest BCUT2D eigenvalue weighted by molar-refractivity contribution is 5.74. The summed E-state index contributed by atoms with van der Waals surface area (Å²) in [5.74, 6) is 1.95. The molecule has 0 bridgehead atoms. The predicted octanol–water partition coefficient (Wildman–Crippen LogP) is 2.99. The van der Waals surface area contributed by atoms with Crippen LogP contribution in [0, 0.1) is 0 Å². The average Bonchev–Trinajstić information content (AvgIpc) is 2.53. The zero-order chi connectivity index (χ0) is 14.5. The van der Waals surface area contributed by atoms with Crippen molar-refractivity contribution in [2.75, 3.05) is 27.9 Å². The molecule has 0 atom stereocenters. The third kappa shape index (κ3) is 2.59. The summed E-state index contributed by atoms with van der Waals surface area (Å²) in [6, 6.07) is 3.94. The molecular weight excluding hydrogens is 254 g/mol. The molecule has 1 heterocycles. The van der Waals surface area contributed by atoms with Gasteiger partial charge in [-0.05, 0) is 24.1 Å². The smallest absolute Gasteiger partial charge is 0.203 e. The zero-order valence-corrected chi connectivity index (χ0v) is 12.4. The third-order valence-electron chi connectivity index (χ3n) is 3.37. The standard InChI is InChI=1S/C16H21NO3/c1-5-11-7-6-8-17-15(11)12-9-13(18-2)16(20-4)14(10-12)19-3/h6-7,9-10,17H,5,8H2,1-4H3. The van der Waals surface area contributed by atoms with E-state index in [1.807, 2.05) is 12.1 Å². The fourth-order valence-corrected chi connectivity index (χ4v) is 2.37. The molecule has 0 aromatic heterocycles. The minimum atomic E-state index is 0.615. The van der Waals surface area contributed by atoms with Gasteiger partial charge in [0, 0.05) is 17.8 Å². The molecule has 0 radical (unpaired) electrons. The Morgan fingerprint density at radius 2 is 1.70 bits per heavy atom. The molecule has 0 fully saturated rings. The summed E-state index contributed by atoms with van der Waals surface area (Å²) in [4.78, 5) is 0. The molecule has 4 nitrogen and oxygen atoms in total. The molecule has 1 N–H and O–H groups in total. The van der Waals surface area contributed by atoms with Crippen molar-refractivity contribution in [3.8, 4) is 17.2 Å². The number of hydrogen-bond acceptors (Lipinski definition) is 4. The van der Waals surface area contributed by atoms with Crippen molar-refractivity contribution in [2.45, 2.75) is 13.3 Å². The molecule has 1 aromatic rings. The minimum absolute atomic E-state index is 0.615. The summed E-state index contributed by atoms with van der Waals surface area (Å²) in [5.41, 5.74) is 3.43. The average molecular weight is 275 g/mol. The summed E-state index contributed by atoms with van der Waals surface area (Å²) >= 11 is 0. The SMILES string of the molecule is CCC1=C(c2cc(OC)c(OC)c(OC)c2)NCC=C1. The van der Waals surface area contributed by atoms with E-state index >= 15 is 0 Å². The Hall–Kier alpha value is -2.10. The highest BCUT2D eigenvalue weighted by Crippen LogP contribution is 2.40. The number of rotatable bonds is 5. The summed E-state index contributed by atoms with van der Waals surface area (Å²) < 4.78 is 16.2. The van der Waals surface area contributed by atoms with Gasteiger partial charge in [0.25, 0.3) is 0 Å². The van der Waals surface area contributed by atoms with Crippen LogP contribution in [0.2, 0.25) is 0 Å². The molecule has 108 valence electrons. The quantitative estimate of drug-likeness (QED) is 0.896. The van der Waals surface area contributed by atoms with Crippen LogP contribution < -0.4 is 19.5 Å². The maximum absolute atomic E-state index is 5.41. The molecule has 2 rings (SSSR count). The van der Waals surface area contributed by atoms with Gasteiger partial charge in [-0.25, -0.2) is 0 Å². The predicted molar refractivity (Wildman–Crippen MR) is 80.5 cm³/mol. The second-order valence-electron chi connectivity index (χ2n) is 4.45. The van der Waals surface area contributed by atoms with Crippen molar-refractivity contribution in [1.82, 2.24) is 5.32 Å². The van der Waals surface area contributed by atoms with E-state index < -0.39 is 0 Å². The van der Waals surface area contributed by atoms with Gasteiger partial charge in [-0.3, -0.25) is 0 Å². The largest absolute Gasteiger partial charge is 0.493 e. The first-order valence-electron chi connectivity index (χ1n) is 6.69. The molecule has 0 saturated heterocycles. The van der Waals surface area contributed by atoms with Gasteiger partial charge >= 0.3 is 0 Å². The van der Waals surface area contributed by atoms with Gasteiger partial charge in [-0.1, -0.05) is 19.1 Å². The monoisotopic (exact) mass is 275 g/mol. The van der Waals surface area contributed by atoms with Crippen LogP contribution in [0.15, 0.2) is 29.9 Å². The van der Waals surface area contributed by atoms with E-state index in [1.165, 1.54) is 5.57 Å². The number of dihydropyridines is 1. The number of nitrogens with one attached hydrogen (secondary N) is 1. The highest BCUT2D eigenvalue weighted by Gasteiger charge is 2.17. The van der Waals surface area contributed by atoms with E-state index in [4.69, 9.17) is 14.2 Å². The Labute approximate surface area is 120 Å².